The first-order valence-corrected chi connectivity index (χ1v) is 13.5. The molecule has 0 N–H and O–H groups in total. The highest BCUT2D eigenvalue weighted by Crippen LogP contribution is 2.28. The molecule has 2 aromatic carbocycles. The van der Waals surface area contributed by atoms with Crippen LogP contribution in [0.4, 0.5) is 5.82 Å². The zero-order valence-electron chi connectivity index (χ0n) is 20.2. The number of carbonyl (C=O) groups is 1. The van der Waals surface area contributed by atoms with Crippen LogP contribution in [0.5, 0.6) is 5.75 Å². The van der Waals surface area contributed by atoms with E-state index >= 15 is 0 Å². The Bertz CT molecular complexity index is 1320. The van der Waals surface area contributed by atoms with Gasteiger partial charge in [-0.15, -0.1) is 10.2 Å². The lowest BCUT2D eigenvalue weighted by Crippen LogP contribution is -2.49. The van der Waals surface area contributed by atoms with E-state index in [9.17, 15) is 13.2 Å². The highest BCUT2D eigenvalue weighted by Gasteiger charge is 2.28. The van der Waals surface area contributed by atoms with Crippen molar-refractivity contribution in [1.82, 2.24) is 19.4 Å². The lowest BCUT2D eigenvalue weighted by molar-refractivity contribution is 0.0746. The van der Waals surface area contributed by atoms with E-state index in [4.69, 9.17) is 4.74 Å². The zero-order chi connectivity index (χ0) is 25.1. The number of benzene rings is 2. The van der Waals surface area contributed by atoms with E-state index in [0.717, 1.165) is 35.7 Å². The molecule has 9 nitrogen and oxygen atoms in total. The monoisotopic (exact) mass is 507 g/mol. The number of para-hydroxylation sites is 1. The Hall–Kier alpha value is -3.50. The number of hydrogen-bond acceptors (Lipinski definition) is 7. The van der Waals surface area contributed by atoms with Crippen LogP contribution in [0.25, 0.3) is 11.3 Å². The molecule has 0 saturated carbocycles. The van der Waals surface area contributed by atoms with Gasteiger partial charge in [-0.25, -0.2) is 8.42 Å². The molecule has 188 valence electrons. The number of anilines is 1. The molecule has 0 bridgehead atoms. The fourth-order valence-electron chi connectivity index (χ4n) is 4.66. The summed E-state index contributed by atoms with van der Waals surface area (Å²) in [6.07, 6.45) is 1.78. The molecule has 10 heteroatoms. The summed E-state index contributed by atoms with van der Waals surface area (Å²) in [5.74, 6) is 1.41. The van der Waals surface area contributed by atoms with E-state index in [1.54, 1.807) is 24.1 Å². The summed E-state index contributed by atoms with van der Waals surface area (Å²) in [6.45, 7) is 3.47. The molecule has 0 unspecified atom stereocenters. The first-order valence-electron chi connectivity index (χ1n) is 12.1. The molecule has 36 heavy (non-hydrogen) atoms. The van der Waals surface area contributed by atoms with Gasteiger partial charge in [0.05, 0.1) is 17.7 Å². The first kappa shape index (κ1) is 24.2. The van der Waals surface area contributed by atoms with Gasteiger partial charge in [0.2, 0.25) is 10.0 Å². The summed E-state index contributed by atoms with van der Waals surface area (Å²) < 4.78 is 32.4. The second-order valence-electron chi connectivity index (χ2n) is 8.89. The number of methoxy groups -OCH3 is 1. The predicted molar refractivity (Wildman–Crippen MR) is 137 cm³/mol. The predicted octanol–water partition coefficient (Wildman–Crippen LogP) is 2.90. The Morgan fingerprint density at radius 3 is 2.17 bits per heavy atom. The Balaban J connectivity index is 1.20. The Morgan fingerprint density at radius 2 is 1.53 bits per heavy atom. The number of hydrogen-bond donors (Lipinski definition) is 0. The number of carbonyl (C=O) groups excluding carboxylic acids is 1. The minimum Gasteiger partial charge on any atom is -0.496 e. The van der Waals surface area contributed by atoms with Crippen molar-refractivity contribution < 1.29 is 17.9 Å². The maximum Gasteiger partial charge on any atom is 0.253 e. The molecule has 1 amide bonds. The van der Waals surface area contributed by atoms with Crippen LogP contribution in [0.2, 0.25) is 0 Å². The van der Waals surface area contributed by atoms with Gasteiger partial charge in [0, 0.05) is 50.4 Å². The average molecular weight is 508 g/mol. The first-order chi connectivity index (χ1) is 17.5. The van der Waals surface area contributed by atoms with Crippen LogP contribution in [0.15, 0.2) is 65.6 Å². The van der Waals surface area contributed by atoms with Crippen molar-refractivity contribution in [1.29, 1.82) is 0 Å². The van der Waals surface area contributed by atoms with Gasteiger partial charge >= 0.3 is 0 Å². The molecule has 2 fully saturated rings. The average Bonchev–Trinajstić information content (AvgIpc) is 3.49. The van der Waals surface area contributed by atoms with Gasteiger partial charge < -0.3 is 14.5 Å². The van der Waals surface area contributed by atoms with Crippen molar-refractivity contribution in [2.24, 2.45) is 0 Å². The van der Waals surface area contributed by atoms with Gasteiger partial charge in [-0.1, -0.05) is 12.1 Å². The summed E-state index contributed by atoms with van der Waals surface area (Å²) in [6, 6.07) is 17.8. The van der Waals surface area contributed by atoms with Crippen LogP contribution in [-0.4, -0.2) is 80.1 Å². The molecule has 2 aliphatic rings. The van der Waals surface area contributed by atoms with Crippen molar-refractivity contribution >= 4 is 21.7 Å². The summed E-state index contributed by atoms with van der Waals surface area (Å²) in [4.78, 5) is 17.2. The quantitative estimate of drug-likeness (QED) is 0.506. The molecule has 1 aromatic heterocycles. The minimum atomic E-state index is -3.49. The molecule has 0 spiro atoms. The topological polar surface area (TPSA) is 95.9 Å². The number of amides is 1. The molecule has 2 aliphatic heterocycles. The zero-order valence-corrected chi connectivity index (χ0v) is 21.0. The Kier molecular flexibility index (Phi) is 6.88. The van der Waals surface area contributed by atoms with Crippen molar-refractivity contribution in [3.05, 3.63) is 66.2 Å². The smallest absolute Gasteiger partial charge is 0.253 e. The summed E-state index contributed by atoms with van der Waals surface area (Å²) >= 11 is 0. The fraction of sp³-hybridized carbons (Fsp3) is 0.346. The number of piperazine rings is 1. The van der Waals surface area contributed by atoms with E-state index < -0.39 is 10.0 Å². The van der Waals surface area contributed by atoms with Crippen LogP contribution in [0.1, 0.15) is 23.2 Å². The normalized spacial score (nSPS) is 16.8. The Morgan fingerprint density at radius 1 is 0.833 bits per heavy atom. The molecule has 5 rings (SSSR count). The largest absolute Gasteiger partial charge is 0.496 e. The van der Waals surface area contributed by atoms with Crippen LogP contribution >= 0.6 is 0 Å². The highest BCUT2D eigenvalue weighted by atomic mass is 32.2. The van der Waals surface area contributed by atoms with E-state index in [-0.39, 0.29) is 10.8 Å². The highest BCUT2D eigenvalue weighted by molar-refractivity contribution is 7.89. The summed E-state index contributed by atoms with van der Waals surface area (Å²) in [7, 11) is -1.86. The van der Waals surface area contributed by atoms with Crippen LogP contribution in [0, 0.1) is 0 Å². The van der Waals surface area contributed by atoms with Gasteiger partial charge in [-0.2, -0.15) is 4.31 Å². The van der Waals surface area contributed by atoms with E-state index in [2.05, 4.69) is 15.1 Å². The van der Waals surface area contributed by atoms with Crippen molar-refractivity contribution in [2.75, 3.05) is 51.3 Å². The van der Waals surface area contributed by atoms with Crippen molar-refractivity contribution in [2.45, 2.75) is 17.7 Å². The molecule has 0 aliphatic carbocycles. The maximum absolute atomic E-state index is 13.0. The van der Waals surface area contributed by atoms with Gasteiger partial charge in [0.1, 0.15) is 5.75 Å². The summed E-state index contributed by atoms with van der Waals surface area (Å²) in [5, 5.41) is 8.79. The van der Waals surface area contributed by atoms with Crippen molar-refractivity contribution in [3.8, 4) is 17.0 Å². The summed E-state index contributed by atoms with van der Waals surface area (Å²) in [5.41, 5.74) is 2.11. The maximum atomic E-state index is 13.0. The van der Waals surface area contributed by atoms with Gasteiger partial charge in [0.15, 0.2) is 5.82 Å². The standard InChI is InChI=1S/C26H29N5O4S/c1-35-24-7-3-2-6-22(24)23-12-13-25(28-27-23)29-16-18-30(19-17-29)26(32)20-8-10-21(11-9-20)36(33,34)31-14-4-5-15-31/h2-3,6-13H,4-5,14-19H2,1H3. The third-order valence-corrected chi connectivity index (χ3v) is 8.64. The molecular weight excluding hydrogens is 478 g/mol. The van der Waals surface area contributed by atoms with Crippen LogP contribution in [-0.2, 0) is 10.0 Å². The SMILES string of the molecule is COc1ccccc1-c1ccc(N2CCN(C(=O)c3ccc(S(=O)(=O)N4CCCC4)cc3)CC2)nn1. The molecule has 0 radical (unpaired) electrons. The minimum absolute atomic E-state index is 0.0997. The second kappa shape index (κ2) is 10.2. The van der Waals surface area contributed by atoms with Crippen LogP contribution in [0.3, 0.4) is 0 Å². The van der Waals surface area contributed by atoms with Crippen LogP contribution < -0.4 is 9.64 Å². The number of sulfonamides is 1. The second-order valence-corrected chi connectivity index (χ2v) is 10.8. The molecule has 2 saturated heterocycles. The molecule has 3 heterocycles. The number of aromatic nitrogens is 2. The number of rotatable bonds is 6. The van der Waals surface area contributed by atoms with Gasteiger partial charge in [0.25, 0.3) is 5.91 Å². The van der Waals surface area contributed by atoms with Gasteiger partial charge in [-0.3, -0.25) is 4.79 Å². The third kappa shape index (κ3) is 4.78. The van der Waals surface area contributed by atoms with E-state index in [0.29, 0.717) is 44.8 Å². The van der Waals surface area contributed by atoms with E-state index in [1.807, 2.05) is 36.4 Å². The molecule has 0 atom stereocenters. The lowest BCUT2D eigenvalue weighted by atomic mass is 10.1. The number of nitrogens with zero attached hydrogens (tertiary/aromatic N) is 5. The fourth-order valence-corrected chi connectivity index (χ4v) is 6.18. The Labute approximate surface area is 211 Å². The molecule has 3 aromatic rings. The van der Waals surface area contributed by atoms with Gasteiger partial charge in [-0.05, 0) is 61.4 Å². The van der Waals surface area contributed by atoms with Crippen molar-refractivity contribution in [3.63, 3.8) is 0 Å². The lowest BCUT2D eigenvalue weighted by Gasteiger charge is -2.35. The number of ether oxygens (including phenoxy) is 1. The third-order valence-electron chi connectivity index (χ3n) is 6.73. The van der Waals surface area contributed by atoms with E-state index in [1.165, 1.54) is 16.4 Å². The molecular formula is C26H29N5O4S.